The predicted octanol–water partition coefficient (Wildman–Crippen LogP) is 3.92. The summed E-state index contributed by atoms with van der Waals surface area (Å²) in [6.45, 7) is 7.68. The summed E-state index contributed by atoms with van der Waals surface area (Å²) in [7, 11) is 1.81. The van der Waals surface area contributed by atoms with Crippen LogP contribution in [0.3, 0.4) is 0 Å². The summed E-state index contributed by atoms with van der Waals surface area (Å²) in [6, 6.07) is 12.5. The third kappa shape index (κ3) is 6.04. The van der Waals surface area contributed by atoms with Crippen LogP contribution >= 0.6 is 12.4 Å². The number of nitrogens with two attached hydrogens (primary N) is 1. The van der Waals surface area contributed by atoms with Crippen molar-refractivity contribution in [2.75, 3.05) is 13.6 Å². The lowest BCUT2D eigenvalue weighted by molar-refractivity contribution is -0.130. The minimum Gasteiger partial charge on any atom is -0.488 e. The molecule has 2 N–H and O–H groups in total. The number of hydrogen-bond donors (Lipinski definition) is 1. The maximum Gasteiger partial charge on any atom is 0.223 e. The molecule has 0 aliphatic rings. The Hall–Kier alpha value is -2.04. The molecular formula is C21H29ClN2O2. The van der Waals surface area contributed by atoms with Crippen LogP contribution in [0.1, 0.15) is 34.2 Å². The molecule has 0 atom stereocenters. The second-order valence-corrected chi connectivity index (χ2v) is 6.62. The fourth-order valence-electron chi connectivity index (χ4n) is 2.88. The Kier molecular flexibility index (Phi) is 8.62. The van der Waals surface area contributed by atoms with Crippen LogP contribution in [-0.2, 0) is 17.9 Å². The van der Waals surface area contributed by atoms with Crippen molar-refractivity contribution >= 4 is 18.3 Å². The highest BCUT2D eigenvalue weighted by Crippen LogP contribution is 2.26. The number of ether oxygens (including phenoxy) is 1. The highest BCUT2D eigenvalue weighted by Gasteiger charge is 2.11. The molecule has 0 aliphatic heterocycles. The second kappa shape index (κ2) is 10.2. The number of benzene rings is 2. The van der Waals surface area contributed by atoms with Crippen molar-refractivity contribution < 1.29 is 9.53 Å². The molecule has 1 amide bonds. The topological polar surface area (TPSA) is 55.6 Å². The van der Waals surface area contributed by atoms with Crippen molar-refractivity contribution in [3.63, 3.8) is 0 Å². The smallest absolute Gasteiger partial charge is 0.223 e. The number of amides is 1. The Labute approximate surface area is 162 Å². The van der Waals surface area contributed by atoms with Gasteiger partial charge in [0.05, 0.1) is 0 Å². The van der Waals surface area contributed by atoms with Crippen LogP contribution in [0.4, 0.5) is 0 Å². The van der Waals surface area contributed by atoms with Gasteiger partial charge >= 0.3 is 0 Å². The summed E-state index contributed by atoms with van der Waals surface area (Å²) < 4.78 is 6.04. The van der Waals surface area contributed by atoms with E-state index in [9.17, 15) is 4.79 Å². The van der Waals surface area contributed by atoms with Gasteiger partial charge in [-0.25, -0.2) is 0 Å². The molecule has 4 nitrogen and oxygen atoms in total. The van der Waals surface area contributed by atoms with Crippen LogP contribution in [0, 0.1) is 20.8 Å². The molecule has 0 saturated heterocycles. The molecule has 142 valence electrons. The fourth-order valence-corrected chi connectivity index (χ4v) is 2.88. The van der Waals surface area contributed by atoms with Crippen LogP contribution < -0.4 is 10.5 Å². The van der Waals surface area contributed by atoms with Gasteiger partial charge in [-0.2, -0.15) is 0 Å². The molecule has 26 heavy (non-hydrogen) atoms. The van der Waals surface area contributed by atoms with E-state index in [1.807, 2.05) is 20.9 Å². The van der Waals surface area contributed by atoms with Gasteiger partial charge in [-0.15, -0.1) is 12.4 Å². The van der Waals surface area contributed by atoms with Crippen LogP contribution in [0.25, 0.3) is 0 Å². The fraction of sp³-hybridized carbons (Fsp3) is 0.381. The first-order valence-corrected chi connectivity index (χ1v) is 8.63. The Morgan fingerprint density at radius 2 is 1.62 bits per heavy atom. The van der Waals surface area contributed by atoms with E-state index in [0.29, 0.717) is 26.1 Å². The van der Waals surface area contributed by atoms with Crippen molar-refractivity contribution in [2.45, 2.75) is 40.3 Å². The molecule has 0 aliphatic carbocycles. The summed E-state index contributed by atoms with van der Waals surface area (Å²) in [5.74, 6) is 0.984. The molecule has 0 radical (unpaired) electrons. The molecule has 0 aromatic heterocycles. The van der Waals surface area contributed by atoms with Crippen LogP contribution in [0.5, 0.6) is 5.75 Å². The van der Waals surface area contributed by atoms with Crippen molar-refractivity contribution in [3.8, 4) is 5.75 Å². The van der Waals surface area contributed by atoms with E-state index in [4.69, 9.17) is 10.5 Å². The SMILES string of the molecule is Cc1ccc(COc2c(C)cc(CN(C)C(=O)CCN)cc2C)cc1.Cl. The van der Waals surface area contributed by atoms with Crippen molar-refractivity contribution in [1.82, 2.24) is 4.90 Å². The quantitative estimate of drug-likeness (QED) is 0.796. The minimum atomic E-state index is 0. The summed E-state index contributed by atoms with van der Waals surface area (Å²) in [4.78, 5) is 13.6. The van der Waals surface area contributed by atoms with Gasteiger partial charge in [0.15, 0.2) is 0 Å². The Balaban J connectivity index is 0.00000338. The average Bonchev–Trinajstić information content (AvgIpc) is 2.56. The molecule has 2 aromatic carbocycles. The van der Waals surface area contributed by atoms with Gasteiger partial charge in [-0.3, -0.25) is 4.79 Å². The van der Waals surface area contributed by atoms with Gasteiger partial charge < -0.3 is 15.4 Å². The Bertz CT molecular complexity index is 706. The standard InChI is InChI=1S/C21H28N2O2.ClH/c1-15-5-7-18(8-6-15)14-25-21-16(2)11-19(12-17(21)3)13-23(4)20(24)9-10-22;/h5-8,11-12H,9-10,13-14,22H2,1-4H3;1H. The van der Waals surface area contributed by atoms with Crippen molar-refractivity contribution in [3.05, 3.63) is 64.2 Å². The zero-order valence-corrected chi connectivity index (χ0v) is 16.9. The van der Waals surface area contributed by atoms with Crippen molar-refractivity contribution in [2.24, 2.45) is 5.73 Å². The van der Waals surface area contributed by atoms with E-state index < -0.39 is 0 Å². The van der Waals surface area contributed by atoms with Gasteiger partial charge in [0.25, 0.3) is 0 Å². The van der Waals surface area contributed by atoms with Crippen LogP contribution in [0.15, 0.2) is 36.4 Å². The number of carbonyl (C=O) groups excluding carboxylic acids is 1. The maximum atomic E-state index is 11.9. The molecule has 0 spiro atoms. The van der Waals surface area contributed by atoms with E-state index in [2.05, 4.69) is 43.3 Å². The molecule has 2 rings (SSSR count). The molecule has 0 bridgehead atoms. The second-order valence-electron chi connectivity index (χ2n) is 6.62. The largest absolute Gasteiger partial charge is 0.488 e. The molecular weight excluding hydrogens is 348 g/mol. The van der Waals surface area contributed by atoms with Gasteiger partial charge in [-0.05, 0) is 43.0 Å². The summed E-state index contributed by atoms with van der Waals surface area (Å²) in [5, 5.41) is 0. The zero-order valence-electron chi connectivity index (χ0n) is 16.0. The maximum absolute atomic E-state index is 11.9. The first kappa shape index (κ1) is 22.0. The predicted molar refractivity (Wildman–Crippen MR) is 109 cm³/mol. The molecule has 0 heterocycles. The van der Waals surface area contributed by atoms with Gasteiger partial charge in [0, 0.05) is 26.6 Å². The number of rotatable bonds is 7. The third-order valence-corrected chi connectivity index (χ3v) is 4.23. The normalized spacial score (nSPS) is 10.2. The average molecular weight is 377 g/mol. The Morgan fingerprint density at radius 3 is 2.15 bits per heavy atom. The number of nitrogens with zero attached hydrogens (tertiary/aromatic N) is 1. The Morgan fingerprint density at radius 1 is 1.04 bits per heavy atom. The number of aryl methyl sites for hydroxylation is 3. The number of hydrogen-bond acceptors (Lipinski definition) is 3. The van der Waals surface area contributed by atoms with E-state index in [1.54, 1.807) is 4.90 Å². The highest BCUT2D eigenvalue weighted by atomic mass is 35.5. The summed E-state index contributed by atoms with van der Waals surface area (Å²) in [6.07, 6.45) is 0.381. The van der Waals surface area contributed by atoms with E-state index in [0.717, 1.165) is 28.0 Å². The molecule has 0 saturated carbocycles. The molecule has 2 aromatic rings. The third-order valence-electron chi connectivity index (χ3n) is 4.23. The molecule has 0 fully saturated rings. The number of halogens is 1. The van der Waals surface area contributed by atoms with Gasteiger partial charge in [0.2, 0.25) is 5.91 Å². The van der Waals surface area contributed by atoms with Crippen molar-refractivity contribution in [1.29, 1.82) is 0 Å². The number of carbonyl (C=O) groups is 1. The summed E-state index contributed by atoms with van der Waals surface area (Å²) in [5.41, 5.74) is 11.1. The monoisotopic (exact) mass is 376 g/mol. The van der Waals surface area contributed by atoms with E-state index in [1.165, 1.54) is 5.56 Å². The highest BCUT2D eigenvalue weighted by molar-refractivity contribution is 5.85. The van der Waals surface area contributed by atoms with E-state index in [-0.39, 0.29) is 18.3 Å². The first-order valence-electron chi connectivity index (χ1n) is 8.63. The molecule has 5 heteroatoms. The van der Waals surface area contributed by atoms with Gasteiger partial charge in [-0.1, -0.05) is 42.0 Å². The lowest BCUT2D eigenvalue weighted by Crippen LogP contribution is -2.28. The lowest BCUT2D eigenvalue weighted by atomic mass is 10.0. The lowest BCUT2D eigenvalue weighted by Gasteiger charge is -2.19. The first-order chi connectivity index (χ1) is 11.9. The van der Waals surface area contributed by atoms with Crippen LogP contribution in [-0.4, -0.2) is 24.4 Å². The van der Waals surface area contributed by atoms with Crippen LogP contribution in [0.2, 0.25) is 0 Å². The minimum absolute atomic E-state index is 0. The van der Waals surface area contributed by atoms with E-state index >= 15 is 0 Å². The summed E-state index contributed by atoms with van der Waals surface area (Å²) >= 11 is 0. The van der Waals surface area contributed by atoms with Gasteiger partial charge in [0.1, 0.15) is 12.4 Å². The molecule has 0 unspecified atom stereocenters. The zero-order chi connectivity index (χ0) is 18.4.